The SMILES string of the molecule is O=C(O)CCC(=O)N1N=C(c2ccc(C(F)(F)F)cc2)CC1c1ccc2nccnc2c1. The Kier molecular flexibility index (Phi) is 5.60. The lowest BCUT2D eigenvalue weighted by atomic mass is 9.97. The molecule has 10 heteroatoms. The van der Waals surface area contributed by atoms with E-state index in [9.17, 15) is 22.8 Å². The molecule has 164 valence electrons. The summed E-state index contributed by atoms with van der Waals surface area (Å²) in [5.74, 6) is -1.60. The van der Waals surface area contributed by atoms with Gasteiger partial charge >= 0.3 is 12.1 Å². The van der Waals surface area contributed by atoms with Crippen molar-refractivity contribution in [2.45, 2.75) is 31.5 Å². The molecule has 1 aliphatic heterocycles. The number of carboxylic acid groups (broad SMARTS) is 1. The van der Waals surface area contributed by atoms with E-state index in [1.807, 2.05) is 0 Å². The average molecular weight is 442 g/mol. The van der Waals surface area contributed by atoms with Crippen LogP contribution in [-0.2, 0) is 15.8 Å². The minimum atomic E-state index is -4.45. The molecule has 0 saturated heterocycles. The maximum atomic E-state index is 12.9. The van der Waals surface area contributed by atoms with Gasteiger partial charge in [0.15, 0.2) is 0 Å². The van der Waals surface area contributed by atoms with Crippen LogP contribution >= 0.6 is 0 Å². The van der Waals surface area contributed by atoms with Gasteiger partial charge < -0.3 is 5.11 Å². The zero-order valence-electron chi connectivity index (χ0n) is 16.6. The minimum Gasteiger partial charge on any atom is -0.481 e. The molecule has 32 heavy (non-hydrogen) atoms. The molecule has 0 aliphatic carbocycles. The summed E-state index contributed by atoms with van der Waals surface area (Å²) < 4.78 is 38.7. The zero-order chi connectivity index (χ0) is 22.9. The fourth-order valence-corrected chi connectivity index (χ4v) is 3.54. The lowest BCUT2D eigenvalue weighted by Crippen LogP contribution is -2.27. The van der Waals surface area contributed by atoms with Crippen molar-refractivity contribution in [3.63, 3.8) is 0 Å². The first-order valence-electron chi connectivity index (χ1n) is 9.72. The van der Waals surface area contributed by atoms with Crippen LogP contribution < -0.4 is 0 Å². The fraction of sp³-hybridized carbons (Fsp3) is 0.227. The van der Waals surface area contributed by atoms with E-state index in [0.717, 1.165) is 12.1 Å². The molecule has 2 heterocycles. The minimum absolute atomic E-state index is 0.247. The molecule has 0 saturated carbocycles. The van der Waals surface area contributed by atoms with Crippen molar-refractivity contribution in [1.82, 2.24) is 15.0 Å². The van der Waals surface area contributed by atoms with Gasteiger partial charge in [0.2, 0.25) is 5.91 Å². The van der Waals surface area contributed by atoms with Crippen molar-refractivity contribution >= 4 is 28.6 Å². The van der Waals surface area contributed by atoms with Gasteiger partial charge in [-0.25, -0.2) is 5.01 Å². The molecule has 1 unspecified atom stereocenters. The summed E-state index contributed by atoms with van der Waals surface area (Å²) in [6.07, 6.45) is -1.69. The van der Waals surface area contributed by atoms with E-state index < -0.39 is 29.7 Å². The van der Waals surface area contributed by atoms with Crippen LogP contribution in [0.15, 0.2) is 60.0 Å². The number of benzene rings is 2. The number of halogens is 3. The Labute approximate surface area is 180 Å². The van der Waals surface area contributed by atoms with Gasteiger partial charge in [-0.3, -0.25) is 19.6 Å². The normalized spacial score (nSPS) is 16.3. The van der Waals surface area contributed by atoms with Gasteiger partial charge in [-0.15, -0.1) is 0 Å². The third-order valence-corrected chi connectivity index (χ3v) is 5.14. The van der Waals surface area contributed by atoms with Crippen LogP contribution in [0.1, 0.15) is 42.0 Å². The molecule has 4 rings (SSSR count). The van der Waals surface area contributed by atoms with E-state index >= 15 is 0 Å². The van der Waals surface area contributed by atoms with Gasteiger partial charge in [-0.05, 0) is 35.4 Å². The zero-order valence-corrected chi connectivity index (χ0v) is 16.6. The lowest BCUT2D eigenvalue weighted by Gasteiger charge is -2.22. The molecule has 1 atom stereocenters. The number of aliphatic carboxylic acids is 1. The van der Waals surface area contributed by atoms with E-state index in [-0.39, 0.29) is 19.3 Å². The number of hydrogen-bond donors (Lipinski definition) is 1. The van der Waals surface area contributed by atoms with Gasteiger partial charge in [-0.2, -0.15) is 18.3 Å². The largest absolute Gasteiger partial charge is 0.481 e. The predicted molar refractivity (Wildman–Crippen MR) is 109 cm³/mol. The average Bonchev–Trinajstić information content (AvgIpc) is 3.22. The Morgan fingerprint density at radius 2 is 1.69 bits per heavy atom. The summed E-state index contributed by atoms with van der Waals surface area (Å²) in [5, 5.41) is 14.5. The van der Waals surface area contributed by atoms with E-state index in [4.69, 9.17) is 5.11 Å². The molecule has 2 aromatic carbocycles. The van der Waals surface area contributed by atoms with Crippen molar-refractivity contribution in [3.8, 4) is 0 Å². The maximum absolute atomic E-state index is 12.9. The first-order chi connectivity index (χ1) is 15.2. The Morgan fingerprint density at radius 1 is 1.00 bits per heavy atom. The third kappa shape index (κ3) is 4.43. The highest BCUT2D eigenvalue weighted by atomic mass is 19.4. The first kappa shape index (κ1) is 21.4. The van der Waals surface area contributed by atoms with Crippen LogP contribution in [0.2, 0.25) is 0 Å². The number of hydrogen-bond acceptors (Lipinski definition) is 5. The highest BCUT2D eigenvalue weighted by molar-refractivity contribution is 6.03. The standard InChI is InChI=1S/C22H17F3N4O3/c23-22(24,25)15-4-1-13(2-5-15)17-12-19(29(28-17)20(30)7-8-21(31)32)14-3-6-16-18(11-14)27-10-9-26-16/h1-6,9-11,19H,7-8,12H2,(H,31,32). The Balaban J connectivity index is 1.67. The molecule has 0 bridgehead atoms. The molecule has 7 nitrogen and oxygen atoms in total. The van der Waals surface area contributed by atoms with E-state index in [1.165, 1.54) is 17.1 Å². The Morgan fingerprint density at radius 3 is 2.34 bits per heavy atom. The van der Waals surface area contributed by atoms with E-state index in [0.29, 0.717) is 27.9 Å². The quantitative estimate of drug-likeness (QED) is 0.639. The van der Waals surface area contributed by atoms with Gasteiger partial charge in [0, 0.05) is 25.2 Å². The highest BCUT2D eigenvalue weighted by Gasteiger charge is 2.34. The second kappa shape index (κ2) is 8.37. The molecule has 1 aromatic heterocycles. The van der Waals surface area contributed by atoms with Crippen molar-refractivity contribution in [3.05, 3.63) is 71.5 Å². The monoisotopic (exact) mass is 442 g/mol. The second-order valence-electron chi connectivity index (χ2n) is 7.28. The molecule has 0 radical (unpaired) electrons. The molecule has 3 aromatic rings. The number of fused-ring (bicyclic) bond motifs is 1. The van der Waals surface area contributed by atoms with Gasteiger partial charge in [0.25, 0.3) is 0 Å². The molecule has 0 spiro atoms. The van der Waals surface area contributed by atoms with E-state index in [1.54, 1.807) is 30.6 Å². The highest BCUT2D eigenvalue weighted by Crippen LogP contribution is 2.35. The molecular formula is C22H17F3N4O3. The topological polar surface area (TPSA) is 95.8 Å². The molecule has 1 N–H and O–H groups in total. The van der Waals surface area contributed by atoms with Crippen LogP contribution in [0.4, 0.5) is 13.2 Å². The number of rotatable bonds is 5. The van der Waals surface area contributed by atoms with Crippen molar-refractivity contribution < 1.29 is 27.9 Å². The van der Waals surface area contributed by atoms with Crippen LogP contribution in [0.25, 0.3) is 11.0 Å². The van der Waals surface area contributed by atoms with Crippen molar-refractivity contribution in [2.24, 2.45) is 5.10 Å². The maximum Gasteiger partial charge on any atom is 0.416 e. The number of carbonyl (C=O) groups excluding carboxylic acids is 1. The number of amides is 1. The van der Waals surface area contributed by atoms with Crippen LogP contribution in [-0.4, -0.2) is 37.7 Å². The summed E-state index contributed by atoms with van der Waals surface area (Å²) in [6, 6.07) is 9.33. The van der Waals surface area contributed by atoms with Crippen molar-refractivity contribution in [1.29, 1.82) is 0 Å². The number of nitrogens with zero attached hydrogens (tertiary/aromatic N) is 4. The summed E-state index contributed by atoms with van der Waals surface area (Å²) in [7, 11) is 0. The van der Waals surface area contributed by atoms with E-state index in [2.05, 4.69) is 15.1 Å². The summed E-state index contributed by atoms with van der Waals surface area (Å²) in [5.41, 5.74) is 2.11. The lowest BCUT2D eigenvalue weighted by molar-refractivity contribution is -0.141. The number of alkyl halides is 3. The number of carboxylic acids is 1. The fourth-order valence-electron chi connectivity index (χ4n) is 3.54. The molecule has 1 amide bonds. The smallest absolute Gasteiger partial charge is 0.416 e. The number of hydrazone groups is 1. The van der Waals surface area contributed by atoms with Crippen LogP contribution in [0.5, 0.6) is 0 Å². The Bertz CT molecular complexity index is 1210. The summed E-state index contributed by atoms with van der Waals surface area (Å²) in [6.45, 7) is 0. The van der Waals surface area contributed by atoms with Gasteiger partial charge in [-0.1, -0.05) is 18.2 Å². The Hall–Kier alpha value is -3.82. The number of carbonyl (C=O) groups is 2. The molecule has 1 aliphatic rings. The van der Waals surface area contributed by atoms with Crippen molar-refractivity contribution in [2.75, 3.05) is 0 Å². The number of aromatic nitrogens is 2. The van der Waals surface area contributed by atoms with Gasteiger partial charge in [0.1, 0.15) is 0 Å². The first-order valence-corrected chi connectivity index (χ1v) is 9.72. The summed E-state index contributed by atoms with van der Waals surface area (Å²) >= 11 is 0. The molecular weight excluding hydrogens is 425 g/mol. The second-order valence-corrected chi connectivity index (χ2v) is 7.28. The summed E-state index contributed by atoms with van der Waals surface area (Å²) in [4.78, 5) is 32.1. The predicted octanol–water partition coefficient (Wildman–Crippen LogP) is 4.19. The van der Waals surface area contributed by atoms with Gasteiger partial charge in [0.05, 0.1) is 34.8 Å². The van der Waals surface area contributed by atoms with Crippen LogP contribution in [0, 0.1) is 0 Å². The third-order valence-electron chi connectivity index (χ3n) is 5.14. The van der Waals surface area contributed by atoms with Crippen LogP contribution in [0.3, 0.4) is 0 Å². The molecule has 0 fully saturated rings.